The van der Waals surface area contributed by atoms with E-state index in [0.717, 1.165) is 29.9 Å². The Hall–Kier alpha value is -0.422. The Morgan fingerprint density at radius 2 is 1.39 bits per heavy atom. The summed E-state index contributed by atoms with van der Waals surface area (Å²) in [5, 5.41) is 0.924. The van der Waals surface area contributed by atoms with Gasteiger partial charge in [0.25, 0.3) is 0 Å². The van der Waals surface area contributed by atoms with Crippen LogP contribution in [-0.4, -0.2) is 50.6 Å². The predicted molar refractivity (Wildman–Crippen MR) is 146 cm³/mol. The molecule has 0 atom stereocenters. The third kappa shape index (κ3) is 11.3. The van der Waals surface area contributed by atoms with E-state index in [1.54, 1.807) is 6.92 Å². The number of hydrogen-bond acceptors (Lipinski definition) is 4. The lowest BCUT2D eigenvalue weighted by Gasteiger charge is -2.45. The average Bonchev–Trinajstić information content (AvgIpc) is 2.54. The van der Waals surface area contributed by atoms with Gasteiger partial charge in [0.2, 0.25) is 8.32 Å². The van der Waals surface area contributed by atoms with E-state index >= 15 is 0 Å². The van der Waals surface area contributed by atoms with Crippen LogP contribution in [0, 0.1) is 0 Å². The van der Waals surface area contributed by atoms with Gasteiger partial charge in [0.15, 0.2) is 8.32 Å². The van der Waals surface area contributed by atoms with Crippen LogP contribution in [0.1, 0.15) is 27.2 Å². The largest absolute Gasteiger partial charge is 0.552 e. The molecule has 0 fully saturated rings. The highest BCUT2D eigenvalue weighted by atomic mass is 28.4. The fraction of sp³-hybridized carbons (Fsp3) is 0.783. The number of rotatable bonds is 14. The molecule has 0 aliphatic carbocycles. The Balaban J connectivity index is 4.91. The molecule has 0 heterocycles. The fourth-order valence-electron chi connectivity index (χ4n) is 3.24. The van der Waals surface area contributed by atoms with Crippen molar-refractivity contribution in [2.75, 3.05) is 6.61 Å². The molecular weight excluding hydrogens is 453 g/mol. The number of carbonyl (C=O) groups excluding carboxylic acids is 1. The number of carbonyl (C=O) groups is 1. The second-order valence-electron chi connectivity index (χ2n) is 12.3. The molecule has 8 heteroatoms. The quantitative estimate of drug-likeness (QED) is 0.0818. The van der Waals surface area contributed by atoms with Crippen LogP contribution in [0.5, 0.6) is 0 Å². The Morgan fingerprint density at radius 1 is 0.871 bits per heavy atom. The van der Waals surface area contributed by atoms with Crippen LogP contribution in [0.3, 0.4) is 0 Å². The van der Waals surface area contributed by atoms with Gasteiger partial charge in [-0.25, -0.2) is 4.79 Å². The van der Waals surface area contributed by atoms with Crippen LogP contribution in [-0.2, 0) is 18.4 Å². The summed E-state index contributed by atoms with van der Waals surface area (Å²) < 4.78 is 18.5. The van der Waals surface area contributed by atoms with Gasteiger partial charge in [-0.1, -0.05) is 51.4 Å². The lowest BCUT2D eigenvalue weighted by Crippen LogP contribution is -2.57. The molecule has 0 aromatic rings. The highest BCUT2D eigenvalue weighted by Gasteiger charge is 2.44. The van der Waals surface area contributed by atoms with Gasteiger partial charge in [0, 0.05) is 10.8 Å². The van der Waals surface area contributed by atoms with Crippen LogP contribution < -0.4 is 0 Å². The minimum absolute atomic E-state index is 0.126. The Kier molecular flexibility index (Phi) is 11.0. The Bertz CT molecular complexity index is 646. The van der Waals surface area contributed by atoms with Crippen molar-refractivity contribution in [3.63, 3.8) is 0 Å². The maximum absolute atomic E-state index is 11.6. The first kappa shape index (κ1) is 30.6. The first-order valence-corrected chi connectivity index (χ1v) is 24.5. The molecule has 0 unspecified atom stereocenters. The van der Waals surface area contributed by atoms with Crippen LogP contribution in [0.2, 0.25) is 77.1 Å². The van der Waals surface area contributed by atoms with E-state index < -0.39 is 32.8 Å². The average molecular weight is 503 g/mol. The molecule has 4 nitrogen and oxygen atoms in total. The van der Waals surface area contributed by atoms with Gasteiger partial charge in [-0.15, -0.1) is 0 Å². The van der Waals surface area contributed by atoms with Crippen LogP contribution >= 0.6 is 0 Å². The molecule has 0 radical (unpaired) electrons. The van der Waals surface area contributed by atoms with Crippen molar-refractivity contribution in [3.05, 3.63) is 24.1 Å². The van der Waals surface area contributed by atoms with E-state index in [1.165, 1.54) is 0 Å². The van der Waals surface area contributed by atoms with Gasteiger partial charge >= 0.3 is 5.97 Å². The molecule has 182 valence electrons. The standard InChI is InChI=1S/C23H50O4Si4/c1-20(2)22(24)25-16-15-17-30(11,12)23(4,5)27-31(13,14)19-18-29(9,10)21(3)26-28(6,7)8/h1,3,15-19H2,2,4-14H3. The first-order valence-electron chi connectivity index (χ1n) is 11.5. The van der Waals surface area contributed by atoms with Crippen LogP contribution in [0.4, 0.5) is 0 Å². The molecule has 0 rings (SSSR count). The molecule has 0 aromatic carbocycles. The molecule has 31 heavy (non-hydrogen) atoms. The lowest BCUT2D eigenvalue weighted by atomic mass is 10.4. The van der Waals surface area contributed by atoms with Crippen molar-refractivity contribution in [1.29, 1.82) is 0 Å². The van der Waals surface area contributed by atoms with Gasteiger partial charge < -0.3 is 13.6 Å². The monoisotopic (exact) mass is 502 g/mol. The predicted octanol–water partition coefficient (Wildman–Crippen LogP) is 7.36. The highest BCUT2D eigenvalue weighted by molar-refractivity contribution is 6.87. The van der Waals surface area contributed by atoms with E-state index in [2.05, 4.69) is 85.9 Å². The van der Waals surface area contributed by atoms with Gasteiger partial charge in [0.1, 0.15) is 8.07 Å². The summed E-state index contributed by atoms with van der Waals surface area (Å²) in [4.78, 5) is 11.6. The number of ether oxygens (including phenoxy) is 1. The maximum atomic E-state index is 11.6. The van der Waals surface area contributed by atoms with E-state index in [0.29, 0.717) is 12.2 Å². The first-order chi connectivity index (χ1) is 13.6. The third-order valence-corrected chi connectivity index (χ3v) is 18.6. The van der Waals surface area contributed by atoms with E-state index in [9.17, 15) is 4.79 Å². The van der Waals surface area contributed by atoms with Crippen molar-refractivity contribution >= 4 is 38.8 Å². The minimum Gasteiger partial charge on any atom is -0.552 e. The molecule has 0 saturated carbocycles. The van der Waals surface area contributed by atoms with Gasteiger partial charge in [-0.2, -0.15) is 0 Å². The Morgan fingerprint density at radius 3 is 1.84 bits per heavy atom. The molecule has 0 aliphatic heterocycles. The van der Waals surface area contributed by atoms with E-state index in [1.807, 2.05) is 0 Å². The Labute approximate surface area is 197 Å². The summed E-state index contributed by atoms with van der Waals surface area (Å²) in [6.45, 7) is 35.5. The van der Waals surface area contributed by atoms with Gasteiger partial charge in [-0.3, -0.25) is 0 Å². The van der Waals surface area contributed by atoms with Crippen molar-refractivity contribution in [1.82, 2.24) is 0 Å². The summed E-state index contributed by atoms with van der Waals surface area (Å²) in [7, 11) is -6.83. The highest BCUT2D eigenvalue weighted by Crippen LogP contribution is 2.35. The SMILES string of the molecule is C=C(C)C(=O)OCCC[Si](C)(C)C(C)(C)O[Si](C)(C)CC[Si](C)(C)C(=C)O[Si](C)(C)C. The van der Waals surface area contributed by atoms with Crippen molar-refractivity contribution in [2.45, 2.75) is 109 Å². The summed E-state index contributed by atoms with van der Waals surface area (Å²) in [6.07, 6.45) is 0.876. The zero-order chi connectivity index (χ0) is 24.9. The molecule has 0 aromatic heterocycles. The fourth-order valence-corrected chi connectivity index (χ4v) is 16.2. The third-order valence-electron chi connectivity index (χ3n) is 6.23. The lowest BCUT2D eigenvalue weighted by molar-refractivity contribution is -0.138. The molecule has 0 bridgehead atoms. The topological polar surface area (TPSA) is 44.8 Å². The molecule has 0 amide bonds. The summed E-state index contributed by atoms with van der Waals surface area (Å²) in [5.74, 6) is -0.296. The van der Waals surface area contributed by atoms with Crippen molar-refractivity contribution < 1.29 is 18.4 Å². The van der Waals surface area contributed by atoms with Gasteiger partial charge in [-0.05, 0) is 66.0 Å². The van der Waals surface area contributed by atoms with Crippen molar-refractivity contribution in [3.8, 4) is 0 Å². The zero-order valence-corrected chi connectivity index (χ0v) is 26.6. The second-order valence-corrected chi connectivity index (χ2v) is 31.2. The minimum atomic E-state index is -1.86. The number of hydrogen-bond donors (Lipinski definition) is 0. The van der Waals surface area contributed by atoms with Crippen LogP contribution in [0.25, 0.3) is 0 Å². The molecule has 0 spiro atoms. The summed E-state index contributed by atoms with van der Waals surface area (Å²) in [5.41, 5.74) is 0.456. The number of esters is 1. The smallest absolute Gasteiger partial charge is 0.333 e. The maximum Gasteiger partial charge on any atom is 0.333 e. The molecule has 0 N–H and O–H groups in total. The summed E-state index contributed by atoms with van der Waals surface area (Å²) in [6, 6.07) is 3.35. The normalized spacial score (nSPS) is 13.7. The van der Waals surface area contributed by atoms with Gasteiger partial charge in [0.05, 0.1) is 20.1 Å². The summed E-state index contributed by atoms with van der Waals surface area (Å²) >= 11 is 0. The van der Waals surface area contributed by atoms with E-state index in [-0.39, 0.29) is 11.2 Å². The molecular formula is C23H50O4Si4. The second kappa shape index (κ2) is 11.1. The molecule has 0 saturated heterocycles. The van der Waals surface area contributed by atoms with Crippen molar-refractivity contribution in [2.24, 2.45) is 0 Å². The van der Waals surface area contributed by atoms with Crippen LogP contribution in [0.15, 0.2) is 24.1 Å². The van der Waals surface area contributed by atoms with E-state index in [4.69, 9.17) is 13.6 Å². The zero-order valence-electron chi connectivity index (χ0n) is 22.6. The molecule has 0 aliphatic rings.